The van der Waals surface area contributed by atoms with E-state index in [4.69, 9.17) is 0 Å². The molecule has 3 rings (SSSR count). The molecule has 2 aromatic carbocycles. The molecule has 0 spiro atoms. The summed E-state index contributed by atoms with van der Waals surface area (Å²) in [6.07, 6.45) is 3.62. The number of fused-ring (bicyclic) bond motifs is 1. The van der Waals surface area contributed by atoms with Crippen LogP contribution in [0.4, 0.5) is 0 Å². The van der Waals surface area contributed by atoms with Crippen molar-refractivity contribution in [2.45, 2.75) is 38.0 Å². The lowest BCUT2D eigenvalue weighted by molar-refractivity contribution is -0.144. The third kappa shape index (κ3) is 2.23. The zero-order valence-corrected chi connectivity index (χ0v) is 13.0. The van der Waals surface area contributed by atoms with Crippen LogP contribution in [0.3, 0.4) is 0 Å². The van der Waals surface area contributed by atoms with Gasteiger partial charge in [0, 0.05) is 5.41 Å². The molecule has 2 unspecified atom stereocenters. The zero-order chi connectivity index (χ0) is 15.6. The number of hydrogen-bond donors (Lipinski definition) is 1. The summed E-state index contributed by atoms with van der Waals surface area (Å²) in [5, 5.41) is 9.88. The maximum atomic E-state index is 12.0. The van der Waals surface area contributed by atoms with Gasteiger partial charge in [0.15, 0.2) is 0 Å². The Balaban J connectivity index is 2.28. The van der Waals surface area contributed by atoms with Gasteiger partial charge in [0.1, 0.15) is 0 Å². The van der Waals surface area contributed by atoms with Gasteiger partial charge in [-0.2, -0.15) is 0 Å². The van der Waals surface area contributed by atoms with E-state index in [1.54, 1.807) is 0 Å². The number of hydrogen-bond acceptors (Lipinski definition) is 1. The second-order valence-corrected chi connectivity index (χ2v) is 6.15. The van der Waals surface area contributed by atoms with E-state index < -0.39 is 17.3 Å². The van der Waals surface area contributed by atoms with Crippen LogP contribution in [0.2, 0.25) is 0 Å². The molecule has 2 heteroatoms. The van der Waals surface area contributed by atoms with E-state index >= 15 is 0 Å². The number of benzene rings is 2. The summed E-state index contributed by atoms with van der Waals surface area (Å²) in [4.78, 5) is 12.0. The maximum absolute atomic E-state index is 12.0. The second kappa shape index (κ2) is 5.96. The van der Waals surface area contributed by atoms with Gasteiger partial charge in [0.05, 0.1) is 5.92 Å². The maximum Gasteiger partial charge on any atom is 0.307 e. The molecule has 0 aliphatic heterocycles. The Kier molecular flexibility index (Phi) is 4.02. The van der Waals surface area contributed by atoms with Crippen LogP contribution in [0.1, 0.15) is 42.9 Å². The molecule has 1 aliphatic carbocycles. The summed E-state index contributed by atoms with van der Waals surface area (Å²) in [6, 6.07) is 18.6. The molecule has 0 fully saturated rings. The van der Waals surface area contributed by atoms with Gasteiger partial charge in [-0.3, -0.25) is 4.79 Å². The molecule has 0 heterocycles. The molecule has 2 atom stereocenters. The Morgan fingerprint density at radius 3 is 2.50 bits per heavy atom. The molecule has 0 saturated heterocycles. The fourth-order valence-electron chi connectivity index (χ4n) is 4.20. The Hall–Kier alpha value is -2.09. The summed E-state index contributed by atoms with van der Waals surface area (Å²) < 4.78 is 0. The highest BCUT2D eigenvalue weighted by Crippen LogP contribution is 2.49. The van der Waals surface area contributed by atoms with Crippen LogP contribution >= 0.6 is 0 Å². The second-order valence-electron chi connectivity index (χ2n) is 6.15. The normalized spacial score (nSPS) is 21.9. The first-order chi connectivity index (χ1) is 10.7. The first kappa shape index (κ1) is 14.8. The fourth-order valence-corrected chi connectivity index (χ4v) is 4.20. The molecule has 1 N–H and O–H groups in total. The highest BCUT2D eigenvalue weighted by atomic mass is 16.4. The molecule has 0 radical (unpaired) electrons. The minimum atomic E-state index is -0.692. The lowest BCUT2D eigenvalue weighted by atomic mass is 9.59. The van der Waals surface area contributed by atoms with Crippen molar-refractivity contribution in [2.24, 2.45) is 5.92 Å². The smallest absolute Gasteiger partial charge is 0.307 e. The van der Waals surface area contributed by atoms with Crippen molar-refractivity contribution in [1.82, 2.24) is 0 Å². The Morgan fingerprint density at radius 1 is 1.14 bits per heavy atom. The van der Waals surface area contributed by atoms with Crippen molar-refractivity contribution in [2.75, 3.05) is 0 Å². The number of carboxylic acids is 1. The molecule has 1 aliphatic rings. The molecule has 2 nitrogen and oxygen atoms in total. The van der Waals surface area contributed by atoms with Crippen molar-refractivity contribution in [3.63, 3.8) is 0 Å². The summed E-state index contributed by atoms with van der Waals surface area (Å²) in [5.41, 5.74) is 3.24. The number of carbonyl (C=O) groups is 1. The molecule has 114 valence electrons. The molecule has 2 aromatic rings. The fraction of sp³-hybridized carbons (Fsp3) is 0.350. The summed E-state index contributed by atoms with van der Waals surface area (Å²) in [5.74, 6) is -1.08. The van der Waals surface area contributed by atoms with Crippen molar-refractivity contribution < 1.29 is 9.90 Å². The average Bonchev–Trinajstić information content (AvgIpc) is 2.56. The van der Waals surface area contributed by atoms with Gasteiger partial charge >= 0.3 is 5.97 Å². The first-order valence-corrected chi connectivity index (χ1v) is 8.07. The van der Waals surface area contributed by atoms with Crippen LogP contribution in [-0.4, -0.2) is 11.1 Å². The monoisotopic (exact) mass is 294 g/mol. The SMILES string of the molecule is CCC(C(=O)O)C1(c2ccccc2)CCCc2ccccc21. The third-order valence-corrected chi connectivity index (χ3v) is 5.11. The van der Waals surface area contributed by atoms with Gasteiger partial charge in [-0.25, -0.2) is 0 Å². The lowest BCUT2D eigenvalue weighted by Gasteiger charge is -2.43. The van der Waals surface area contributed by atoms with Gasteiger partial charge < -0.3 is 5.11 Å². The van der Waals surface area contributed by atoms with E-state index in [9.17, 15) is 9.90 Å². The molecular weight excluding hydrogens is 272 g/mol. The number of aliphatic carboxylic acids is 1. The highest BCUT2D eigenvalue weighted by Gasteiger charge is 2.47. The Bertz CT molecular complexity index is 662. The minimum absolute atomic E-state index is 0.392. The van der Waals surface area contributed by atoms with Crippen LogP contribution in [0, 0.1) is 5.92 Å². The predicted molar refractivity (Wildman–Crippen MR) is 88.0 cm³/mol. The van der Waals surface area contributed by atoms with Gasteiger partial charge in [-0.1, -0.05) is 61.5 Å². The summed E-state index contributed by atoms with van der Waals surface area (Å²) in [6.45, 7) is 1.99. The van der Waals surface area contributed by atoms with Crippen molar-refractivity contribution in [3.8, 4) is 0 Å². The minimum Gasteiger partial charge on any atom is -0.481 e. The van der Waals surface area contributed by atoms with Crippen LogP contribution in [0.15, 0.2) is 54.6 Å². The molecular formula is C20H22O2. The summed E-state index contributed by atoms with van der Waals surface area (Å²) in [7, 11) is 0. The largest absolute Gasteiger partial charge is 0.481 e. The lowest BCUT2D eigenvalue weighted by Crippen LogP contribution is -2.43. The highest BCUT2D eigenvalue weighted by molar-refractivity contribution is 5.74. The van der Waals surface area contributed by atoms with Crippen LogP contribution < -0.4 is 0 Å². The van der Waals surface area contributed by atoms with Crippen molar-refractivity contribution in [3.05, 3.63) is 71.3 Å². The van der Waals surface area contributed by atoms with E-state index in [0.29, 0.717) is 6.42 Å². The van der Waals surface area contributed by atoms with E-state index in [0.717, 1.165) is 24.8 Å². The number of rotatable bonds is 4. The van der Waals surface area contributed by atoms with E-state index in [1.165, 1.54) is 11.1 Å². The molecule has 0 bridgehead atoms. The van der Waals surface area contributed by atoms with Gasteiger partial charge in [-0.05, 0) is 42.4 Å². The Morgan fingerprint density at radius 2 is 1.82 bits per heavy atom. The van der Waals surface area contributed by atoms with Crippen LogP contribution in [-0.2, 0) is 16.6 Å². The van der Waals surface area contributed by atoms with Crippen LogP contribution in [0.25, 0.3) is 0 Å². The van der Waals surface area contributed by atoms with Crippen LogP contribution in [0.5, 0.6) is 0 Å². The number of carboxylic acid groups (broad SMARTS) is 1. The molecule has 0 aromatic heterocycles. The molecule has 0 saturated carbocycles. The van der Waals surface area contributed by atoms with E-state index in [-0.39, 0.29) is 0 Å². The average molecular weight is 294 g/mol. The van der Waals surface area contributed by atoms with Gasteiger partial charge in [0.25, 0.3) is 0 Å². The first-order valence-electron chi connectivity index (χ1n) is 8.07. The predicted octanol–water partition coefficient (Wildman–Crippen LogP) is 4.42. The van der Waals surface area contributed by atoms with Gasteiger partial charge in [-0.15, -0.1) is 0 Å². The van der Waals surface area contributed by atoms with E-state index in [2.05, 4.69) is 30.3 Å². The topological polar surface area (TPSA) is 37.3 Å². The van der Waals surface area contributed by atoms with Gasteiger partial charge in [0.2, 0.25) is 0 Å². The molecule has 0 amide bonds. The summed E-state index contributed by atoms with van der Waals surface area (Å²) >= 11 is 0. The van der Waals surface area contributed by atoms with Crippen molar-refractivity contribution >= 4 is 5.97 Å². The number of aryl methyl sites for hydroxylation is 1. The molecule has 22 heavy (non-hydrogen) atoms. The third-order valence-electron chi connectivity index (χ3n) is 5.11. The standard InChI is InChI=1S/C20H22O2/c1-2-17(19(21)22)20(16-11-4-3-5-12-16)14-8-10-15-9-6-7-13-18(15)20/h3-7,9,11-13,17H,2,8,10,14H2,1H3,(H,21,22). The Labute approximate surface area is 131 Å². The van der Waals surface area contributed by atoms with Crippen molar-refractivity contribution in [1.29, 1.82) is 0 Å². The zero-order valence-electron chi connectivity index (χ0n) is 13.0. The quantitative estimate of drug-likeness (QED) is 0.906. The van der Waals surface area contributed by atoms with E-state index in [1.807, 2.05) is 31.2 Å².